The molecule has 1 N–H and O–H groups in total. The van der Waals surface area contributed by atoms with Crippen LogP contribution in [-0.2, 0) is 7.05 Å². The molecule has 160 valence electrons. The van der Waals surface area contributed by atoms with Crippen molar-refractivity contribution in [2.24, 2.45) is 7.05 Å². The van der Waals surface area contributed by atoms with E-state index in [0.29, 0.717) is 41.8 Å². The fourth-order valence-corrected chi connectivity index (χ4v) is 4.30. The summed E-state index contributed by atoms with van der Waals surface area (Å²) in [5.74, 6) is 0.961. The molecular formula is C21H23N7O3. The first kappa shape index (κ1) is 19.3. The Morgan fingerprint density at radius 1 is 1.29 bits per heavy atom. The lowest BCUT2D eigenvalue weighted by atomic mass is 10.1. The molecular weight excluding hydrogens is 398 g/mol. The summed E-state index contributed by atoms with van der Waals surface area (Å²) in [5.41, 5.74) is 1.92. The van der Waals surface area contributed by atoms with Gasteiger partial charge in [-0.25, -0.2) is 9.78 Å². The molecule has 0 saturated carbocycles. The fraction of sp³-hybridized carbons (Fsp3) is 0.381. The van der Waals surface area contributed by atoms with Gasteiger partial charge in [0.15, 0.2) is 5.82 Å². The van der Waals surface area contributed by atoms with Crippen LogP contribution in [0.5, 0.6) is 0 Å². The largest absolute Gasteiger partial charge is 0.441 e. The van der Waals surface area contributed by atoms with E-state index in [9.17, 15) is 9.59 Å². The second-order valence-corrected chi connectivity index (χ2v) is 7.75. The Morgan fingerprint density at radius 3 is 2.94 bits per heavy atom. The van der Waals surface area contributed by atoms with Crippen LogP contribution in [0.1, 0.15) is 30.1 Å². The Labute approximate surface area is 178 Å². The van der Waals surface area contributed by atoms with Crippen LogP contribution in [0.3, 0.4) is 0 Å². The van der Waals surface area contributed by atoms with Crippen LogP contribution in [0.4, 0.5) is 17.5 Å². The Hall–Kier alpha value is -3.69. The zero-order valence-corrected chi connectivity index (χ0v) is 17.4. The summed E-state index contributed by atoms with van der Waals surface area (Å²) >= 11 is 0. The van der Waals surface area contributed by atoms with Crippen LogP contribution in [0.25, 0.3) is 11.4 Å². The Morgan fingerprint density at radius 2 is 2.16 bits per heavy atom. The normalized spacial score (nSPS) is 18.0. The lowest BCUT2D eigenvalue weighted by Crippen LogP contribution is -2.39. The van der Waals surface area contributed by atoms with E-state index >= 15 is 0 Å². The third-order valence-electron chi connectivity index (χ3n) is 5.84. The van der Waals surface area contributed by atoms with E-state index in [1.165, 1.54) is 4.57 Å². The topological polar surface area (TPSA) is 109 Å². The molecule has 0 radical (unpaired) electrons. The third kappa shape index (κ3) is 3.24. The van der Waals surface area contributed by atoms with Crippen LogP contribution in [0, 0.1) is 0 Å². The molecule has 10 heteroatoms. The molecule has 1 unspecified atom stereocenters. The van der Waals surface area contributed by atoms with E-state index in [0.717, 1.165) is 25.1 Å². The third-order valence-corrected chi connectivity index (χ3v) is 5.84. The molecule has 2 aromatic heterocycles. The number of anilines is 3. The number of benzene rings is 1. The number of nitrogens with zero attached hydrogens (tertiary/aromatic N) is 6. The molecule has 0 aliphatic carbocycles. The molecule has 0 spiro atoms. The van der Waals surface area contributed by atoms with Crippen molar-refractivity contribution in [3.63, 3.8) is 0 Å². The Bertz CT molecular complexity index is 1200. The van der Waals surface area contributed by atoms with E-state index in [1.807, 2.05) is 31.2 Å². The molecule has 2 aliphatic heterocycles. The average molecular weight is 421 g/mol. The average Bonchev–Trinajstić information content (AvgIpc) is 3.35. The van der Waals surface area contributed by atoms with Gasteiger partial charge in [-0.1, -0.05) is 17.3 Å². The first-order chi connectivity index (χ1) is 15.1. The quantitative estimate of drug-likeness (QED) is 0.680. The van der Waals surface area contributed by atoms with Gasteiger partial charge in [0.25, 0.3) is 5.91 Å². The number of carbonyl (C=O) groups is 1. The number of hydrogen-bond donors (Lipinski definition) is 1. The predicted molar refractivity (Wildman–Crippen MR) is 115 cm³/mol. The minimum atomic E-state index is -0.532. The molecule has 5 rings (SSSR count). The standard InChI is InChI=1S/C21H23N7O3/c1-3-22-20-23-11-16-18(24-20)27-9-5-8-15(27)12-28(19(16)29)14-7-4-6-13(10-14)17-25-31-21(30)26(17)2/h4,6-7,10-11,15H,3,5,8-9,12H2,1-2H3,(H,22,23,24). The van der Waals surface area contributed by atoms with Crippen molar-refractivity contribution in [1.82, 2.24) is 19.7 Å². The lowest BCUT2D eigenvalue weighted by Gasteiger charge is -2.27. The molecule has 1 amide bonds. The number of hydrogen-bond acceptors (Lipinski definition) is 8. The molecule has 4 heterocycles. The van der Waals surface area contributed by atoms with Crippen molar-refractivity contribution >= 4 is 23.4 Å². The maximum atomic E-state index is 13.6. The van der Waals surface area contributed by atoms with Crippen molar-refractivity contribution in [2.45, 2.75) is 25.8 Å². The van der Waals surface area contributed by atoms with E-state index in [2.05, 4.69) is 25.3 Å². The Balaban J connectivity index is 1.58. The molecule has 3 aromatic rings. The fourth-order valence-electron chi connectivity index (χ4n) is 4.30. The van der Waals surface area contributed by atoms with Crippen LogP contribution in [0.15, 0.2) is 39.8 Å². The Kier molecular flexibility index (Phi) is 4.68. The van der Waals surface area contributed by atoms with Gasteiger partial charge in [0, 0.05) is 50.2 Å². The molecule has 10 nitrogen and oxygen atoms in total. The summed E-state index contributed by atoms with van der Waals surface area (Å²) in [5, 5.41) is 6.99. The summed E-state index contributed by atoms with van der Waals surface area (Å²) in [6.45, 7) is 4.10. The second kappa shape index (κ2) is 7.53. The number of nitrogens with one attached hydrogen (secondary N) is 1. The predicted octanol–water partition coefficient (Wildman–Crippen LogP) is 1.89. The van der Waals surface area contributed by atoms with Gasteiger partial charge in [-0.2, -0.15) is 4.98 Å². The van der Waals surface area contributed by atoms with Gasteiger partial charge in [-0.05, 0) is 31.9 Å². The monoisotopic (exact) mass is 421 g/mol. The summed E-state index contributed by atoms with van der Waals surface area (Å²) in [4.78, 5) is 38.2. The highest BCUT2D eigenvalue weighted by molar-refractivity contribution is 6.10. The van der Waals surface area contributed by atoms with Crippen molar-refractivity contribution in [3.05, 3.63) is 46.6 Å². The van der Waals surface area contributed by atoms with E-state index in [4.69, 9.17) is 4.52 Å². The highest BCUT2D eigenvalue weighted by atomic mass is 16.5. The second-order valence-electron chi connectivity index (χ2n) is 7.75. The van der Waals surface area contributed by atoms with Crippen LogP contribution >= 0.6 is 0 Å². The maximum absolute atomic E-state index is 13.6. The summed E-state index contributed by atoms with van der Waals surface area (Å²) in [6.07, 6.45) is 3.65. The number of fused-ring (bicyclic) bond motifs is 3. The first-order valence-electron chi connectivity index (χ1n) is 10.4. The highest BCUT2D eigenvalue weighted by Crippen LogP contribution is 2.34. The molecule has 1 saturated heterocycles. The van der Waals surface area contributed by atoms with Crippen molar-refractivity contribution < 1.29 is 9.32 Å². The number of rotatable bonds is 4. The maximum Gasteiger partial charge on any atom is 0.441 e. The number of aromatic nitrogens is 4. The van der Waals surface area contributed by atoms with Crippen molar-refractivity contribution in [3.8, 4) is 11.4 Å². The van der Waals surface area contributed by atoms with Gasteiger partial charge in [0.1, 0.15) is 11.4 Å². The zero-order valence-electron chi connectivity index (χ0n) is 17.4. The van der Waals surface area contributed by atoms with Gasteiger partial charge in [-0.15, -0.1) is 0 Å². The SMILES string of the molecule is CCNc1ncc2c(n1)N1CCCC1CN(c1cccc(-c3noc(=O)n3C)c1)C2=O. The molecule has 0 bridgehead atoms. The highest BCUT2D eigenvalue weighted by Gasteiger charge is 2.37. The minimum absolute atomic E-state index is 0.140. The molecule has 1 aromatic carbocycles. The van der Waals surface area contributed by atoms with Crippen LogP contribution in [-0.4, -0.2) is 51.3 Å². The summed E-state index contributed by atoms with van der Waals surface area (Å²) < 4.78 is 6.10. The summed E-state index contributed by atoms with van der Waals surface area (Å²) in [6, 6.07) is 7.60. The zero-order chi connectivity index (χ0) is 21.5. The van der Waals surface area contributed by atoms with E-state index < -0.39 is 5.76 Å². The molecule has 31 heavy (non-hydrogen) atoms. The van der Waals surface area contributed by atoms with Gasteiger partial charge in [0.05, 0.1) is 0 Å². The lowest BCUT2D eigenvalue weighted by molar-refractivity contribution is 0.0988. The summed E-state index contributed by atoms with van der Waals surface area (Å²) in [7, 11) is 1.60. The van der Waals surface area contributed by atoms with E-state index in [-0.39, 0.29) is 11.9 Å². The molecule has 1 atom stereocenters. The van der Waals surface area contributed by atoms with Gasteiger partial charge in [0.2, 0.25) is 5.95 Å². The molecule has 1 fully saturated rings. The smallest absolute Gasteiger partial charge is 0.354 e. The number of amides is 1. The minimum Gasteiger partial charge on any atom is -0.354 e. The van der Waals surface area contributed by atoms with Gasteiger partial charge < -0.3 is 15.1 Å². The van der Waals surface area contributed by atoms with E-state index in [1.54, 1.807) is 18.1 Å². The first-order valence-corrected chi connectivity index (χ1v) is 10.4. The molecule has 2 aliphatic rings. The van der Waals surface area contributed by atoms with Gasteiger partial charge >= 0.3 is 5.76 Å². The van der Waals surface area contributed by atoms with Crippen LogP contribution in [0.2, 0.25) is 0 Å². The number of carbonyl (C=O) groups excluding carboxylic acids is 1. The van der Waals surface area contributed by atoms with Gasteiger partial charge in [-0.3, -0.25) is 13.9 Å². The van der Waals surface area contributed by atoms with Crippen molar-refractivity contribution in [1.29, 1.82) is 0 Å². The van der Waals surface area contributed by atoms with Crippen molar-refractivity contribution in [2.75, 3.05) is 34.8 Å². The van der Waals surface area contributed by atoms with Crippen LogP contribution < -0.4 is 20.9 Å².